The fourth-order valence-corrected chi connectivity index (χ4v) is 5.24. The van der Waals surface area contributed by atoms with E-state index < -0.39 is 0 Å². The summed E-state index contributed by atoms with van der Waals surface area (Å²) in [6, 6.07) is 10.2. The van der Waals surface area contributed by atoms with Gasteiger partial charge >= 0.3 is 0 Å². The molecule has 0 unspecified atom stereocenters. The molecule has 0 radical (unpaired) electrons. The normalized spacial score (nSPS) is 20.9. The molecular formula is C23H27N3O3. The molecule has 2 amide bonds. The summed E-state index contributed by atoms with van der Waals surface area (Å²) in [5.74, 6) is 1.12. The number of hydrogen-bond acceptors (Lipinski definition) is 4. The molecule has 2 saturated heterocycles. The highest BCUT2D eigenvalue weighted by atomic mass is 16.5. The second kappa shape index (κ2) is 7.32. The second-order valence-electron chi connectivity index (χ2n) is 8.62. The van der Waals surface area contributed by atoms with Gasteiger partial charge < -0.3 is 14.3 Å². The minimum Gasteiger partial charge on any atom is -0.360 e. The molecule has 5 rings (SSSR count). The lowest BCUT2D eigenvalue weighted by Crippen LogP contribution is -2.54. The van der Waals surface area contributed by atoms with Crippen molar-refractivity contribution in [3.8, 4) is 0 Å². The minimum atomic E-state index is -0.118. The third-order valence-corrected chi connectivity index (χ3v) is 7.00. The van der Waals surface area contributed by atoms with Crippen molar-refractivity contribution in [3.63, 3.8) is 0 Å². The minimum absolute atomic E-state index is 0.00863. The fourth-order valence-electron chi connectivity index (χ4n) is 5.24. The van der Waals surface area contributed by atoms with Gasteiger partial charge in [-0.25, -0.2) is 0 Å². The van der Waals surface area contributed by atoms with Crippen LogP contribution in [0.1, 0.15) is 65.9 Å². The maximum atomic E-state index is 13.1. The number of carbonyl (C=O) groups is 2. The van der Waals surface area contributed by atoms with Crippen LogP contribution in [0.15, 0.2) is 34.9 Å². The molecule has 0 bridgehead atoms. The van der Waals surface area contributed by atoms with Crippen LogP contribution in [0, 0.1) is 0 Å². The quantitative estimate of drug-likeness (QED) is 0.802. The topological polar surface area (TPSA) is 66.7 Å². The highest BCUT2D eigenvalue weighted by Crippen LogP contribution is 2.40. The number of rotatable bonds is 3. The molecule has 1 spiro atoms. The lowest BCUT2D eigenvalue weighted by molar-refractivity contribution is -0.133. The zero-order valence-electron chi connectivity index (χ0n) is 16.7. The van der Waals surface area contributed by atoms with E-state index in [1.807, 2.05) is 23.1 Å². The Morgan fingerprint density at radius 2 is 1.79 bits per heavy atom. The van der Waals surface area contributed by atoms with Crippen molar-refractivity contribution in [1.82, 2.24) is 15.0 Å². The van der Waals surface area contributed by atoms with Gasteiger partial charge in [0, 0.05) is 43.6 Å². The van der Waals surface area contributed by atoms with E-state index in [-0.39, 0.29) is 17.4 Å². The SMILES string of the molecule is O=C(c1noc2c1CCCC2)N1CCC2(CCC(=O)N2Cc2ccccc2)CC1. The van der Waals surface area contributed by atoms with Gasteiger partial charge in [-0.1, -0.05) is 35.5 Å². The summed E-state index contributed by atoms with van der Waals surface area (Å²) in [5, 5.41) is 4.11. The summed E-state index contributed by atoms with van der Waals surface area (Å²) < 4.78 is 5.44. The number of benzene rings is 1. The number of piperidine rings is 1. The van der Waals surface area contributed by atoms with Gasteiger partial charge in [0.15, 0.2) is 5.69 Å². The van der Waals surface area contributed by atoms with Gasteiger partial charge in [-0.3, -0.25) is 9.59 Å². The molecule has 2 fully saturated rings. The molecule has 0 atom stereocenters. The van der Waals surface area contributed by atoms with Crippen molar-refractivity contribution in [2.45, 2.75) is 63.5 Å². The van der Waals surface area contributed by atoms with Gasteiger partial charge in [-0.15, -0.1) is 0 Å². The Kier molecular flexibility index (Phi) is 4.64. The van der Waals surface area contributed by atoms with Crippen molar-refractivity contribution in [3.05, 3.63) is 52.9 Å². The zero-order chi connectivity index (χ0) is 19.8. The summed E-state index contributed by atoms with van der Waals surface area (Å²) in [6.45, 7) is 1.99. The third-order valence-electron chi connectivity index (χ3n) is 7.00. The highest BCUT2D eigenvalue weighted by Gasteiger charge is 2.47. The van der Waals surface area contributed by atoms with Gasteiger partial charge in [-0.2, -0.15) is 0 Å². The lowest BCUT2D eigenvalue weighted by Gasteiger charge is -2.45. The van der Waals surface area contributed by atoms with E-state index in [0.717, 1.165) is 61.8 Å². The largest absolute Gasteiger partial charge is 0.360 e. The van der Waals surface area contributed by atoms with Crippen LogP contribution in [0.4, 0.5) is 0 Å². The van der Waals surface area contributed by atoms with Gasteiger partial charge in [0.1, 0.15) is 5.76 Å². The Bertz CT molecular complexity index is 913. The molecule has 1 aromatic carbocycles. The first-order chi connectivity index (χ1) is 14.2. The Morgan fingerprint density at radius 3 is 2.59 bits per heavy atom. The number of hydrogen-bond donors (Lipinski definition) is 0. The van der Waals surface area contributed by atoms with Crippen LogP contribution in [0.5, 0.6) is 0 Å². The molecule has 3 heterocycles. The zero-order valence-corrected chi connectivity index (χ0v) is 16.7. The van der Waals surface area contributed by atoms with Gasteiger partial charge in [0.2, 0.25) is 5.91 Å². The number of aromatic nitrogens is 1. The van der Waals surface area contributed by atoms with E-state index in [4.69, 9.17) is 4.52 Å². The Morgan fingerprint density at radius 1 is 1.03 bits per heavy atom. The standard InChI is InChI=1S/C23H27N3O3/c27-20-10-11-23(26(20)16-17-6-2-1-3-7-17)12-14-25(15-13-23)22(28)21-18-8-4-5-9-19(18)29-24-21/h1-3,6-7H,4-5,8-16H2. The van der Waals surface area contributed by atoms with E-state index in [9.17, 15) is 9.59 Å². The van der Waals surface area contributed by atoms with Crippen LogP contribution in [0.3, 0.4) is 0 Å². The number of nitrogens with zero attached hydrogens (tertiary/aromatic N) is 3. The smallest absolute Gasteiger partial charge is 0.276 e. The van der Waals surface area contributed by atoms with Gasteiger partial charge in [-0.05, 0) is 44.1 Å². The maximum absolute atomic E-state index is 13.1. The van der Waals surface area contributed by atoms with Crippen molar-refractivity contribution in [2.24, 2.45) is 0 Å². The molecule has 0 saturated carbocycles. The van der Waals surface area contributed by atoms with Crippen LogP contribution in [0.2, 0.25) is 0 Å². The number of aryl methyl sites for hydroxylation is 1. The molecular weight excluding hydrogens is 366 g/mol. The first-order valence-corrected chi connectivity index (χ1v) is 10.8. The average molecular weight is 393 g/mol. The first kappa shape index (κ1) is 18.4. The average Bonchev–Trinajstić information content (AvgIpc) is 3.32. The summed E-state index contributed by atoms with van der Waals surface area (Å²) in [6.07, 6.45) is 7.13. The molecule has 2 aliphatic heterocycles. The van der Waals surface area contributed by atoms with Gasteiger partial charge in [0.25, 0.3) is 5.91 Å². The maximum Gasteiger partial charge on any atom is 0.276 e. The predicted octanol–water partition coefficient (Wildman–Crippen LogP) is 3.35. The van der Waals surface area contributed by atoms with Crippen molar-refractivity contribution in [1.29, 1.82) is 0 Å². The molecule has 6 nitrogen and oxygen atoms in total. The van der Waals surface area contributed by atoms with Crippen molar-refractivity contribution in [2.75, 3.05) is 13.1 Å². The van der Waals surface area contributed by atoms with E-state index >= 15 is 0 Å². The van der Waals surface area contributed by atoms with Gasteiger partial charge in [0.05, 0.1) is 0 Å². The third kappa shape index (κ3) is 3.24. The van der Waals surface area contributed by atoms with Crippen LogP contribution < -0.4 is 0 Å². The molecule has 3 aliphatic rings. The number of likely N-dealkylation sites (tertiary alicyclic amines) is 2. The van der Waals surface area contributed by atoms with Crippen LogP contribution >= 0.6 is 0 Å². The summed E-state index contributed by atoms with van der Waals surface area (Å²) in [4.78, 5) is 29.7. The van der Waals surface area contributed by atoms with E-state index in [1.54, 1.807) is 0 Å². The van der Waals surface area contributed by atoms with Crippen LogP contribution in [0.25, 0.3) is 0 Å². The monoisotopic (exact) mass is 393 g/mol. The molecule has 6 heteroatoms. The molecule has 2 aromatic rings. The molecule has 0 N–H and O–H groups in total. The highest BCUT2D eigenvalue weighted by molar-refractivity contribution is 5.94. The summed E-state index contributed by atoms with van der Waals surface area (Å²) in [7, 11) is 0. The van der Waals surface area contributed by atoms with Crippen molar-refractivity contribution >= 4 is 11.8 Å². The predicted molar refractivity (Wildman–Crippen MR) is 107 cm³/mol. The second-order valence-corrected chi connectivity index (χ2v) is 8.62. The Labute approximate surface area is 170 Å². The number of fused-ring (bicyclic) bond motifs is 1. The number of amides is 2. The lowest BCUT2D eigenvalue weighted by atomic mass is 9.84. The van der Waals surface area contributed by atoms with E-state index in [2.05, 4.69) is 22.2 Å². The number of carbonyl (C=O) groups excluding carboxylic acids is 2. The summed E-state index contributed by atoms with van der Waals surface area (Å²) >= 11 is 0. The molecule has 1 aliphatic carbocycles. The summed E-state index contributed by atoms with van der Waals surface area (Å²) in [5.41, 5.74) is 2.57. The van der Waals surface area contributed by atoms with Crippen LogP contribution in [-0.4, -0.2) is 45.4 Å². The van der Waals surface area contributed by atoms with E-state index in [1.165, 1.54) is 0 Å². The molecule has 29 heavy (non-hydrogen) atoms. The van der Waals surface area contributed by atoms with Crippen molar-refractivity contribution < 1.29 is 14.1 Å². The fraction of sp³-hybridized carbons (Fsp3) is 0.522. The van der Waals surface area contributed by atoms with Crippen LogP contribution in [-0.2, 0) is 24.2 Å². The van der Waals surface area contributed by atoms with E-state index in [0.29, 0.717) is 31.7 Å². The molecule has 152 valence electrons. The Hall–Kier alpha value is -2.63. The molecule has 1 aromatic heterocycles. The Balaban J connectivity index is 1.29. The first-order valence-electron chi connectivity index (χ1n) is 10.8.